The number of aromatic nitrogens is 2. The minimum Gasteiger partial charge on any atom is -0.319 e. The summed E-state index contributed by atoms with van der Waals surface area (Å²) in [6.07, 6.45) is 2.01. The maximum absolute atomic E-state index is 6.37. The van der Waals surface area contributed by atoms with E-state index in [-0.39, 0.29) is 6.04 Å². The third kappa shape index (κ3) is 1.69. The molecule has 0 radical (unpaired) electrons. The van der Waals surface area contributed by atoms with Gasteiger partial charge in [-0.1, -0.05) is 36.4 Å². The Hall–Kier alpha value is -2.13. The minimum absolute atomic E-state index is 0.149. The Morgan fingerprint density at radius 3 is 2.56 bits per heavy atom. The quantitative estimate of drug-likeness (QED) is 0.744. The van der Waals surface area contributed by atoms with Crippen LogP contribution in [-0.4, -0.2) is 9.38 Å². The van der Waals surface area contributed by atoms with Gasteiger partial charge in [-0.15, -0.1) is 0 Å². The van der Waals surface area contributed by atoms with Gasteiger partial charge in [-0.3, -0.25) is 0 Å². The monoisotopic (exact) mass is 237 g/mol. The first-order valence-electron chi connectivity index (χ1n) is 6.01. The van der Waals surface area contributed by atoms with Crippen LogP contribution in [0.2, 0.25) is 0 Å². The summed E-state index contributed by atoms with van der Waals surface area (Å²) >= 11 is 0. The molecule has 3 rings (SSSR count). The molecule has 1 unspecified atom stereocenters. The molecule has 3 heteroatoms. The number of benzene rings is 1. The highest BCUT2D eigenvalue weighted by atomic mass is 15.0. The summed E-state index contributed by atoms with van der Waals surface area (Å²) in [5, 5.41) is 0. The number of hydrogen-bond acceptors (Lipinski definition) is 2. The number of pyridine rings is 1. The molecule has 2 aromatic heterocycles. The molecule has 0 aliphatic heterocycles. The van der Waals surface area contributed by atoms with Gasteiger partial charge < -0.3 is 10.1 Å². The second-order valence-electron chi connectivity index (χ2n) is 4.40. The largest absolute Gasteiger partial charge is 0.319 e. The molecule has 3 aromatic rings. The van der Waals surface area contributed by atoms with Gasteiger partial charge in [0.15, 0.2) is 0 Å². The first-order chi connectivity index (χ1) is 8.77. The molecule has 2 N–H and O–H groups in total. The van der Waals surface area contributed by atoms with E-state index in [0.717, 1.165) is 22.6 Å². The smallest absolute Gasteiger partial charge is 0.137 e. The average Bonchev–Trinajstić information content (AvgIpc) is 2.75. The molecule has 1 aromatic carbocycles. The first-order valence-corrected chi connectivity index (χ1v) is 6.01. The zero-order valence-electron chi connectivity index (χ0n) is 10.2. The van der Waals surface area contributed by atoms with Gasteiger partial charge in [0.2, 0.25) is 0 Å². The Morgan fingerprint density at radius 2 is 1.78 bits per heavy atom. The maximum atomic E-state index is 6.37. The lowest BCUT2D eigenvalue weighted by molar-refractivity contribution is 0.805. The van der Waals surface area contributed by atoms with Gasteiger partial charge in [0.05, 0.1) is 17.4 Å². The fourth-order valence-electron chi connectivity index (χ4n) is 2.33. The van der Waals surface area contributed by atoms with Crippen molar-refractivity contribution in [1.29, 1.82) is 0 Å². The Balaban J connectivity index is 2.17. The Kier molecular flexibility index (Phi) is 2.61. The van der Waals surface area contributed by atoms with Crippen molar-refractivity contribution in [3.05, 3.63) is 71.7 Å². The molecule has 3 nitrogen and oxygen atoms in total. The summed E-state index contributed by atoms with van der Waals surface area (Å²) in [7, 11) is 0. The fraction of sp³-hybridized carbons (Fsp3) is 0.133. The molecular formula is C15H15N3. The van der Waals surface area contributed by atoms with Crippen molar-refractivity contribution >= 4 is 5.65 Å². The predicted octanol–water partition coefficient (Wildman–Crippen LogP) is 2.69. The Morgan fingerprint density at radius 1 is 1.06 bits per heavy atom. The molecule has 0 spiro atoms. The van der Waals surface area contributed by atoms with E-state index in [1.165, 1.54) is 0 Å². The van der Waals surface area contributed by atoms with Gasteiger partial charge in [0.25, 0.3) is 0 Å². The third-order valence-corrected chi connectivity index (χ3v) is 3.20. The van der Waals surface area contributed by atoms with Crippen molar-refractivity contribution in [2.24, 2.45) is 5.73 Å². The van der Waals surface area contributed by atoms with E-state index in [1.807, 2.05) is 61.7 Å². The number of aryl methyl sites for hydroxylation is 1. The molecule has 90 valence electrons. The lowest BCUT2D eigenvalue weighted by Gasteiger charge is -2.13. The van der Waals surface area contributed by atoms with Gasteiger partial charge in [-0.05, 0) is 24.6 Å². The van der Waals surface area contributed by atoms with Crippen LogP contribution in [0, 0.1) is 6.92 Å². The third-order valence-electron chi connectivity index (χ3n) is 3.20. The van der Waals surface area contributed by atoms with Crippen LogP contribution in [0.25, 0.3) is 5.65 Å². The molecule has 2 heterocycles. The van der Waals surface area contributed by atoms with Crippen molar-refractivity contribution < 1.29 is 0 Å². The van der Waals surface area contributed by atoms with Crippen LogP contribution in [0.15, 0.2) is 54.7 Å². The van der Waals surface area contributed by atoms with E-state index in [1.54, 1.807) is 0 Å². The Bertz CT molecular complexity index is 671. The maximum Gasteiger partial charge on any atom is 0.137 e. The lowest BCUT2D eigenvalue weighted by atomic mass is 10.0. The van der Waals surface area contributed by atoms with Gasteiger partial charge in [-0.25, -0.2) is 4.98 Å². The van der Waals surface area contributed by atoms with E-state index in [4.69, 9.17) is 5.73 Å². The molecule has 0 amide bonds. The van der Waals surface area contributed by atoms with Gasteiger partial charge in [0.1, 0.15) is 5.65 Å². The van der Waals surface area contributed by atoms with Crippen LogP contribution < -0.4 is 5.73 Å². The van der Waals surface area contributed by atoms with Crippen molar-refractivity contribution in [3.63, 3.8) is 0 Å². The molecule has 0 fully saturated rings. The van der Waals surface area contributed by atoms with Crippen LogP contribution >= 0.6 is 0 Å². The van der Waals surface area contributed by atoms with E-state index < -0.39 is 0 Å². The van der Waals surface area contributed by atoms with Gasteiger partial charge in [-0.2, -0.15) is 0 Å². The van der Waals surface area contributed by atoms with Crippen LogP contribution in [0.5, 0.6) is 0 Å². The van der Waals surface area contributed by atoms with Crippen molar-refractivity contribution in [2.45, 2.75) is 13.0 Å². The molecule has 0 aliphatic rings. The molecule has 1 atom stereocenters. The van der Waals surface area contributed by atoms with Crippen LogP contribution in [0.3, 0.4) is 0 Å². The lowest BCUT2D eigenvalue weighted by Crippen LogP contribution is -2.15. The number of rotatable bonds is 2. The van der Waals surface area contributed by atoms with Crippen molar-refractivity contribution in [1.82, 2.24) is 9.38 Å². The minimum atomic E-state index is -0.149. The summed E-state index contributed by atoms with van der Waals surface area (Å²) in [6, 6.07) is 15.9. The van der Waals surface area contributed by atoms with Crippen LogP contribution in [-0.2, 0) is 0 Å². The standard InChI is InChI=1S/C15H15N3/c1-11-15(14(16)12-7-3-2-4-8-12)18-10-6-5-9-13(18)17-11/h2-10,14H,16H2,1H3. The number of nitrogens with two attached hydrogens (primary N) is 1. The number of hydrogen-bond donors (Lipinski definition) is 1. The fourth-order valence-corrected chi connectivity index (χ4v) is 2.33. The van der Waals surface area contributed by atoms with E-state index >= 15 is 0 Å². The molecule has 0 bridgehead atoms. The van der Waals surface area contributed by atoms with Crippen molar-refractivity contribution in [3.8, 4) is 0 Å². The SMILES string of the molecule is Cc1nc2ccccn2c1C(N)c1ccccc1. The van der Waals surface area contributed by atoms with Crippen molar-refractivity contribution in [2.75, 3.05) is 0 Å². The number of fused-ring (bicyclic) bond motifs is 1. The summed E-state index contributed by atoms with van der Waals surface area (Å²) in [5.74, 6) is 0. The van der Waals surface area contributed by atoms with E-state index in [0.29, 0.717) is 0 Å². The molecular weight excluding hydrogens is 222 g/mol. The Labute approximate surface area is 106 Å². The van der Waals surface area contributed by atoms with Gasteiger partial charge >= 0.3 is 0 Å². The highest BCUT2D eigenvalue weighted by Gasteiger charge is 2.16. The first kappa shape index (κ1) is 11.0. The summed E-state index contributed by atoms with van der Waals surface area (Å²) in [4.78, 5) is 4.54. The summed E-state index contributed by atoms with van der Waals surface area (Å²) in [6.45, 7) is 2.01. The molecule has 0 saturated carbocycles. The molecule has 18 heavy (non-hydrogen) atoms. The number of imidazole rings is 1. The van der Waals surface area contributed by atoms with E-state index in [9.17, 15) is 0 Å². The van der Waals surface area contributed by atoms with Crippen LogP contribution in [0.1, 0.15) is 23.0 Å². The predicted molar refractivity (Wildman–Crippen MR) is 72.4 cm³/mol. The highest BCUT2D eigenvalue weighted by Crippen LogP contribution is 2.23. The normalized spacial score (nSPS) is 12.8. The topological polar surface area (TPSA) is 43.3 Å². The molecule has 0 aliphatic carbocycles. The highest BCUT2D eigenvalue weighted by molar-refractivity contribution is 5.45. The zero-order chi connectivity index (χ0) is 12.5. The summed E-state index contributed by atoms with van der Waals surface area (Å²) < 4.78 is 2.06. The second kappa shape index (κ2) is 4.27. The second-order valence-corrected chi connectivity index (χ2v) is 4.40. The number of nitrogens with zero attached hydrogens (tertiary/aromatic N) is 2. The molecule has 0 saturated heterocycles. The zero-order valence-corrected chi connectivity index (χ0v) is 10.2. The van der Waals surface area contributed by atoms with Crippen LogP contribution in [0.4, 0.5) is 0 Å². The van der Waals surface area contributed by atoms with E-state index in [2.05, 4.69) is 9.38 Å². The average molecular weight is 237 g/mol. The van der Waals surface area contributed by atoms with Gasteiger partial charge in [0, 0.05) is 6.20 Å². The summed E-state index contributed by atoms with van der Waals surface area (Å²) in [5.41, 5.74) is 10.4.